The van der Waals surface area contributed by atoms with Crippen LogP contribution in [0.2, 0.25) is 0 Å². The predicted molar refractivity (Wildman–Crippen MR) is 64.2 cm³/mol. The topological polar surface area (TPSA) is 86.7 Å². The number of imidazole rings is 1. The number of nitrogen functional groups attached to an aromatic ring is 1. The van der Waals surface area contributed by atoms with Crippen molar-refractivity contribution >= 4 is 22.8 Å². The first-order valence-corrected chi connectivity index (χ1v) is 5.53. The van der Waals surface area contributed by atoms with Crippen LogP contribution in [0.4, 0.5) is 5.82 Å². The molecule has 0 bridgehead atoms. The Balaban J connectivity index is 2.20. The summed E-state index contributed by atoms with van der Waals surface area (Å²) in [6, 6.07) is 0. The molecule has 2 heterocycles. The largest absolute Gasteiger partial charge is 0.382 e. The number of hydrogen-bond acceptors (Lipinski definition) is 5. The standard InChI is InChI=1S/C11H15N5O/c1-7(2)8(17)3-4-16-6-15-9-10(12)13-5-14-11(9)16/h5-7H,3-4H2,1-2H3,(H2,12,13,14). The minimum atomic E-state index is 0.0597. The lowest BCUT2D eigenvalue weighted by Crippen LogP contribution is -2.10. The summed E-state index contributed by atoms with van der Waals surface area (Å²) in [6.07, 6.45) is 3.52. The summed E-state index contributed by atoms with van der Waals surface area (Å²) in [5.74, 6) is 0.655. The molecule has 2 aromatic heterocycles. The fourth-order valence-corrected chi connectivity index (χ4v) is 1.58. The maximum Gasteiger partial charge on any atom is 0.165 e. The Labute approximate surface area is 98.9 Å². The maximum atomic E-state index is 11.5. The molecule has 2 rings (SSSR count). The molecule has 0 aliphatic carbocycles. The number of fused-ring (bicyclic) bond motifs is 1. The fraction of sp³-hybridized carbons (Fsp3) is 0.455. The third-order valence-electron chi connectivity index (χ3n) is 2.67. The van der Waals surface area contributed by atoms with Crippen molar-refractivity contribution in [2.45, 2.75) is 26.8 Å². The Morgan fingerprint density at radius 3 is 2.88 bits per heavy atom. The predicted octanol–water partition coefficient (Wildman–Crippen LogP) is 1.02. The highest BCUT2D eigenvalue weighted by Crippen LogP contribution is 2.14. The first-order valence-electron chi connectivity index (χ1n) is 5.53. The van der Waals surface area contributed by atoms with Gasteiger partial charge in [0.25, 0.3) is 0 Å². The number of nitrogens with zero attached hydrogens (tertiary/aromatic N) is 4. The van der Waals surface area contributed by atoms with Crippen LogP contribution in [-0.4, -0.2) is 25.3 Å². The van der Waals surface area contributed by atoms with Crippen LogP contribution in [0, 0.1) is 5.92 Å². The molecule has 0 saturated heterocycles. The molecular formula is C11H15N5O. The molecule has 0 aliphatic rings. The third-order valence-corrected chi connectivity index (χ3v) is 2.67. The van der Waals surface area contributed by atoms with Crippen LogP contribution < -0.4 is 5.73 Å². The number of Topliss-reactive ketones (excluding diaryl/α,β-unsaturated/α-hetero) is 1. The molecule has 6 nitrogen and oxygen atoms in total. The number of hydrogen-bond donors (Lipinski definition) is 1. The monoisotopic (exact) mass is 233 g/mol. The molecule has 0 atom stereocenters. The van der Waals surface area contributed by atoms with Crippen molar-refractivity contribution in [3.63, 3.8) is 0 Å². The van der Waals surface area contributed by atoms with Gasteiger partial charge >= 0.3 is 0 Å². The average molecular weight is 233 g/mol. The third kappa shape index (κ3) is 2.25. The fourth-order valence-electron chi connectivity index (χ4n) is 1.58. The summed E-state index contributed by atoms with van der Waals surface area (Å²) in [5.41, 5.74) is 6.94. The number of aromatic nitrogens is 4. The van der Waals surface area contributed by atoms with E-state index in [-0.39, 0.29) is 11.7 Å². The normalized spacial score (nSPS) is 11.2. The van der Waals surface area contributed by atoms with Gasteiger partial charge in [0.1, 0.15) is 17.6 Å². The maximum absolute atomic E-state index is 11.5. The van der Waals surface area contributed by atoms with E-state index in [2.05, 4.69) is 15.0 Å². The van der Waals surface area contributed by atoms with Gasteiger partial charge < -0.3 is 10.3 Å². The summed E-state index contributed by atoms with van der Waals surface area (Å²) in [6.45, 7) is 4.37. The highest BCUT2D eigenvalue weighted by atomic mass is 16.1. The van der Waals surface area contributed by atoms with Crippen molar-refractivity contribution in [3.8, 4) is 0 Å². The summed E-state index contributed by atoms with van der Waals surface area (Å²) in [5, 5.41) is 0. The number of aryl methyl sites for hydroxylation is 1. The highest BCUT2D eigenvalue weighted by Gasteiger charge is 2.10. The van der Waals surface area contributed by atoms with Crippen LogP contribution in [0.3, 0.4) is 0 Å². The van der Waals surface area contributed by atoms with E-state index >= 15 is 0 Å². The van der Waals surface area contributed by atoms with Crippen LogP contribution in [0.1, 0.15) is 20.3 Å². The van der Waals surface area contributed by atoms with Gasteiger partial charge in [-0.3, -0.25) is 4.79 Å². The second kappa shape index (κ2) is 4.48. The van der Waals surface area contributed by atoms with E-state index in [0.717, 1.165) is 0 Å². The Morgan fingerprint density at radius 1 is 1.41 bits per heavy atom. The van der Waals surface area contributed by atoms with Crippen molar-refractivity contribution in [2.75, 3.05) is 5.73 Å². The zero-order valence-corrected chi connectivity index (χ0v) is 9.92. The van der Waals surface area contributed by atoms with Gasteiger partial charge in [-0.1, -0.05) is 13.8 Å². The minimum Gasteiger partial charge on any atom is -0.382 e. The molecule has 0 aliphatic heterocycles. The summed E-state index contributed by atoms with van der Waals surface area (Å²) in [7, 11) is 0. The number of anilines is 1. The second-order valence-electron chi connectivity index (χ2n) is 4.24. The van der Waals surface area contributed by atoms with Gasteiger partial charge in [0, 0.05) is 18.9 Å². The number of carbonyl (C=O) groups is 1. The summed E-state index contributed by atoms with van der Waals surface area (Å²) < 4.78 is 1.83. The van der Waals surface area contributed by atoms with Crippen molar-refractivity contribution < 1.29 is 4.79 Å². The number of nitrogens with two attached hydrogens (primary N) is 1. The van der Waals surface area contributed by atoms with Crippen molar-refractivity contribution in [3.05, 3.63) is 12.7 Å². The van der Waals surface area contributed by atoms with Crippen molar-refractivity contribution in [1.29, 1.82) is 0 Å². The molecule has 0 unspecified atom stereocenters. The van der Waals surface area contributed by atoms with E-state index in [0.29, 0.717) is 29.9 Å². The van der Waals surface area contributed by atoms with E-state index in [9.17, 15) is 4.79 Å². The molecule has 0 fully saturated rings. The van der Waals surface area contributed by atoms with Crippen LogP contribution in [0.25, 0.3) is 11.2 Å². The molecule has 90 valence electrons. The van der Waals surface area contributed by atoms with E-state index < -0.39 is 0 Å². The number of carbonyl (C=O) groups excluding carboxylic acids is 1. The first-order chi connectivity index (χ1) is 8.09. The Bertz CT molecular complexity index is 546. The molecule has 0 amide bonds. The molecular weight excluding hydrogens is 218 g/mol. The lowest BCUT2D eigenvalue weighted by Gasteiger charge is -2.05. The van der Waals surface area contributed by atoms with Gasteiger partial charge in [0.15, 0.2) is 11.5 Å². The zero-order valence-electron chi connectivity index (χ0n) is 9.92. The van der Waals surface area contributed by atoms with Crippen molar-refractivity contribution in [2.24, 2.45) is 5.92 Å². The second-order valence-corrected chi connectivity index (χ2v) is 4.24. The van der Waals surface area contributed by atoms with E-state index in [4.69, 9.17) is 5.73 Å². The summed E-state index contributed by atoms with van der Waals surface area (Å²) >= 11 is 0. The van der Waals surface area contributed by atoms with Gasteiger partial charge in [0.05, 0.1) is 6.33 Å². The Morgan fingerprint density at radius 2 is 2.18 bits per heavy atom. The van der Waals surface area contributed by atoms with Crippen molar-refractivity contribution in [1.82, 2.24) is 19.5 Å². The van der Waals surface area contributed by atoms with Crippen LogP contribution in [-0.2, 0) is 11.3 Å². The molecule has 0 spiro atoms. The molecule has 17 heavy (non-hydrogen) atoms. The molecule has 0 radical (unpaired) electrons. The SMILES string of the molecule is CC(C)C(=O)CCn1cnc2c(N)ncnc21. The van der Waals surface area contributed by atoms with E-state index in [1.165, 1.54) is 6.33 Å². The molecule has 0 saturated carbocycles. The zero-order chi connectivity index (χ0) is 12.4. The Hall–Kier alpha value is -1.98. The van der Waals surface area contributed by atoms with Gasteiger partial charge in [-0.05, 0) is 0 Å². The smallest absolute Gasteiger partial charge is 0.165 e. The van der Waals surface area contributed by atoms with Gasteiger partial charge in [-0.15, -0.1) is 0 Å². The van der Waals surface area contributed by atoms with E-state index in [1.807, 2.05) is 18.4 Å². The van der Waals surface area contributed by atoms with Gasteiger partial charge in [0.2, 0.25) is 0 Å². The molecule has 2 N–H and O–H groups in total. The first kappa shape index (κ1) is 11.5. The molecule has 0 aromatic carbocycles. The van der Waals surface area contributed by atoms with Gasteiger partial charge in [-0.2, -0.15) is 0 Å². The highest BCUT2D eigenvalue weighted by molar-refractivity contribution is 5.82. The molecule has 6 heteroatoms. The number of rotatable bonds is 4. The Kier molecular flexibility index (Phi) is 3.03. The van der Waals surface area contributed by atoms with Crippen LogP contribution >= 0.6 is 0 Å². The minimum absolute atomic E-state index is 0.0597. The molecule has 2 aromatic rings. The van der Waals surface area contributed by atoms with E-state index in [1.54, 1.807) is 6.33 Å². The summed E-state index contributed by atoms with van der Waals surface area (Å²) in [4.78, 5) is 23.7. The van der Waals surface area contributed by atoms with Crippen LogP contribution in [0.5, 0.6) is 0 Å². The van der Waals surface area contributed by atoms with Crippen LogP contribution in [0.15, 0.2) is 12.7 Å². The number of ketones is 1. The lowest BCUT2D eigenvalue weighted by atomic mass is 10.1. The lowest BCUT2D eigenvalue weighted by molar-refractivity contribution is -0.122. The van der Waals surface area contributed by atoms with Gasteiger partial charge in [-0.25, -0.2) is 15.0 Å². The average Bonchev–Trinajstić information content (AvgIpc) is 2.70. The quantitative estimate of drug-likeness (QED) is 0.852.